The van der Waals surface area contributed by atoms with E-state index in [0.29, 0.717) is 5.56 Å². The smallest absolute Gasteiger partial charge is 0.251 e. The van der Waals surface area contributed by atoms with E-state index in [1.165, 1.54) is 0 Å². The van der Waals surface area contributed by atoms with Gasteiger partial charge in [0.05, 0.1) is 11.6 Å². The van der Waals surface area contributed by atoms with Crippen molar-refractivity contribution in [2.75, 3.05) is 10.6 Å². The van der Waals surface area contributed by atoms with Crippen LogP contribution in [0.5, 0.6) is 0 Å². The van der Waals surface area contributed by atoms with Crippen LogP contribution in [0.4, 0.5) is 11.4 Å². The molecule has 2 N–H and O–H groups in total. The van der Waals surface area contributed by atoms with Crippen LogP contribution >= 0.6 is 15.9 Å². The lowest BCUT2D eigenvalue weighted by molar-refractivity contribution is -0.116. The third-order valence-electron chi connectivity index (χ3n) is 3.16. The van der Waals surface area contributed by atoms with Crippen molar-refractivity contribution < 1.29 is 4.79 Å². The Balaban J connectivity index is 1.96. The number of amides is 1. The highest BCUT2D eigenvalue weighted by molar-refractivity contribution is 9.10. The Kier molecular flexibility index (Phi) is 3.17. The molecule has 20 heavy (non-hydrogen) atoms. The van der Waals surface area contributed by atoms with Crippen LogP contribution in [0.25, 0.3) is 0 Å². The lowest BCUT2D eigenvalue weighted by Gasteiger charge is -2.14. The van der Waals surface area contributed by atoms with E-state index in [0.717, 1.165) is 21.4 Å². The number of rotatable bonds is 2. The summed E-state index contributed by atoms with van der Waals surface area (Å²) in [6.45, 7) is 0. The Morgan fingerprint density at radius 2 is 2.05 bits per heavy atom. The summed E-state index contributed by atoms with van der Waals surface area (Å²) in [5.74, 6) is -0.103. The van der Waals surface area contributed by atoms with Crippen molar-refractivity contribution in [3.63, 3.8) is 0 Å². The average molecular weight is 328 g/mol. The maximum atomic E-state index is 12.1. The van der Waals surface area contributed by atoms with E-state index >= 15 is 0 Å². The second-order valence-electron chi connectivity index (χ2n) is 4.46. The van der Waals surface area contributed by atoms with E-state index in [9.17, 15) is 4.79 Å². The summed E-state index contributed by atoms with van der Waals surface area (Å²) >= 11 is 3.47. The zero-order valence-electron chi connectivity index (χ0n) is 10.4. The summed E-state index contributed by atoms with van der Waals surface area (Å²) in [5.41, 5.74) is 2.99. The molecule has 3 rings (SSSR count). The van der Waals surface area contributed by atoms with Gasteiger partial charge in [0.2, 0.25) is 0 Å². The number of carbonyl (C=O) groups is 1. The summed E-state index contributed by atoms with van der Waals surface area (Å²) in [5, 5.41) is 14.9. The summed E-state index contributed by atoms with van der Waals surface area (Å²) in [7, 11) is 0. The molecule has 1 aliphatic heterocycles. The minimum absolute atomic E-state index is 0.103. The van der Waals surface area contributed by atoms with E-state index in [1.807, 2.05) is 24.3 Å². The highest BCUT2D eigenvalue weighted by Gasteiger charge is 2.32. The van der Waals surface area contributed by atoms with E-state index < -0.39 is 6.04 Å². The van der Waals surface area contributed by atoms with Crippen LogP contribution in [0.2, 0.25) is 0 Å². The zero-order chi connectivity index (χ0) is 14.1. The van der Waals surface area contributed by atoms with Crippen LogP contribution in [0.3, 0.4) is 0 Å². The molecule has 0 aromatic heterocycles. The predicted octanol–water partition coefficient (Wildman–Crippen LogP) is 3.43. The summed E-state index contributed by atoms with van der Waals surface area (Å²) < 4.78 is 0.877. The first-order chi connectivity index (χ1) is 9.69. The SMILES string of the molecule is N#Cc1cccc(NC2C(=O)Nc3cccc(Br)c32)c1. The van der Waals surface area contributed by atoms with Crippen molar-refractivity contribution in [3.05, 3.63) is 58.1 Å². The highest BCUT2D eigenvalue weighted by atomic mass is 79.9. The Bertz CT molecular complexity index is 736. The van der Waals surface area contributed by atoms with Crippen molar-refractivity contribution in [1.82, 2.24) is 0 Å². The number of nitriles is 1. The van der Waals surface area contributed by atoms with Crippen LogP contribution in [0.15, 0.2) is 46.9 Å². The van der Waals surface area contributed by atoms with Gasteiger partial charge in [-0.1, -0.05) is 28.1 Å². The molecule has 0 saturated carbocycles. The Labute approximate surface area is 124 Å². The number of anilines is 2. The number of benzene rings is 2. The van der Waals surface area contributed by atoms with Gasteiger partial charge in [-0.2, -0.15) is 5.26 Å². The average Bonchev–Trinajstić information content (AvgIpc) is 2.77. The van der Waals surface area contributed by atoms with E-state index in [-0.39, 0.29) is 5.91 Å². The van der Waals surface area contributed by atoms with Crippen LogP contribution in [-0.4, -0.2) is 5.91 Å². The lowest BCUT2D eigenvalue weighted by atomic mass is 10.1. The standard InChI is InChI=1S/C15H10BrN3O/c16-11-5-2-6-12-13(11)14(15(20)19-12)18-10-4-1-3-9(7-10)8-17/h1-7,14,18H,(H,19,20). The second kappa shape index (κ2) is 4.99. The first-order valence-corrected chi connectivity index (χ1v) is 6.84. The normalized spacial score (nSPS) is 16.2. The number of nitrogens with one attached hydrogen (secondary N) is 2. The van der Waals surface area contributed by atoms with Gasteiger partial charge in [-0.15, -0.1) is 0 Å². The number of fused-ring (bicyclic) bond motifs is 1. The van der Waals surface area contributed by atoms with Crippen molar-refractivity contribution in [1.29, 1.82) is 5.26 Å². The zero-order valence-corrected chi connectivity index (χ0v) is 11.9. The van der Waals surface area contributed by atoms with Crippen molar-refractivity contribution in [3.8, 4) is 6.07 Å². The topological polar surface area (TPSA) is 64.9 Å². The number of halogens is 1. The van der Waals surface area contributed by atoms with Gasteiger partial charge >= 0.3 is 0 Å². The molecule has 0 bridgehead atoms. The van der Waals surface area contributed by atoms with E-state index in [4.69, 9.17) is 5.26 Å². The van der Waals surface area contributed by atoms with Crippen molar-refractivity contribution in [2.24, 2.45) is 0 Å². The monoisotopic (exact) mass is 327 g/mol. The Morgan fingerprint density at radius 3 is 2.85 bits per heavy atom. The maximum Gasteiger partial charge on any atom is 0.251 e. The summed E-state index contributed by atoms with van der Waals surface area (Å²) in [6, 6.07) is 14.3. The molecule has 1 atom stereocenters. The fourth-order valence-electron chi connectivity index (χ4n) is 2.26. The van der Waals surface area contributed by atoms with Gasteiger partial charge in [0.1, 0.15) is 6.04 Å². The molecular weight excluding hydrogens is 318 g/mol. The number of carbonyl (C=O) groups excluding carboxylic acids is 1. The van der Waals surface area contributed by atoms with Crippen molar-refractivity contribution >= 4 is 33.2 Å². The highest BCUT2D eigenvalue weighted by Crippen LogP contribution is 2.38. The predicted molar refractivity (Wildman–Crippen MR) is 80.3 cm³/mol. The van der Waals surface area contributed by atoms with Gasteiger partial charge in [0, 0.05) is 21.4 Å². The fourth-order valence-corrected chi connectivity index (χ4v) is 2.85. The maximum absolute atomic E-state index is 12.1. The molecule has 4 nitrogen and oxygen atoms in total. The van der Waals surface area contributed by atoms with Gasteiger partial charge in [0.25, 0.3) is 5.91 Å². The van der Waals surface area contributed by atoms with Gasteiger partial charge < -0.3 is 10.6 Å². The Hall–Kier alpha value is -2.32. The van der Waals surface area contributed by atoms with Crippen LogP contribution in [0.1, 0.15) is 17.2 Å². The molecule has 0 saturated heterocycles. The van der Waals surface area contributed by atoms with Gasteiger partial charge in [-0.3, -0.25) is 4.79 Å². The first kappa shape index (κ1) is 12.7. The van der Waals surface area contributed by atoms with E-state index in [2.05, 4.69) is 32.6 Å². The van der Waals surface area contributed by atoms with Gasteiger partial charge in [0.15, 0.2) is 0 Å². The molecule has 0 aliphatic carbocycles. The minimum atomic E-state index is -0.463. The third-order valence-corrected chi connectivity index (χ3v) is 3.86. The molecule has 5 heteroatoms. The number of hydrogen-bond donors (Lipinski definition) is 2. The second-order valence-corrected chi connectivity index (χ2v) is 5.31. The molecule has 0 fully saturated rings. The largest absolute Gasteiger partial charge is 0.370 e. The van der Waals surface area contributed by atoms with Crippen LogP contribution in [0, 0.1) is 11.3 Å². The van der Waals surface area contributed by atoms with E-state index in [1.54, 1.807) is 18.2 Å². The molecule has 1 heterocycles. The van der Waals surface area contributed by atoms with Crippen LogP contribution in [-0.2, 0) is 4.79 Å². The third kappa shape index (κ3) is 2.15. The molecule has 2 aromatic rings. The molecule has 1 amide bonds. The quantitative estimate of drug-likeness (QED) is 0.888. The summed E-state index contributed by atoms with van der Waals surface area (Å²) in [4.78, 5) is 12.1. The molecule has 1 unspecified atom stereocenters. The van der Waals surface area contributed by atoms with Crippen LogP contribution < -0.4 is 10.6 Å². The fraction of sp³-hybridized carbons (Fsp3) is 0.0667. The molecule has 98 valence electrons. The van der Waals surface area contributed by atoms with Gasteiger partial charge in [-0.25, -0.2) is 0 Å². The molecule has 2 aromatic carbocycles. The summed E-state index contributed by atoms with van der Waals surface area (Å²) in [6.07, 6.45) is 0. The minimum Gasteiger partial charge on any atom is -0.370 e. The van der Waals surface area contributed by atoms with Gasteiger partial charge in [-0.05, 0) is 30.3 Å². The molecule has 1 aliphatic rings. The molecule has 0 spiro atoms. The lowest BCUT2D eigenvalue weighted by Crippen LogP contribution is -2.19. The Morgan fingerprint density at radius 1 is 1.25 bits per heavy atom. The molecule has 0 radical (unpaired) electrons. The van der Waals surface area contributed by atoms with Crippen molar-refractivity contribution in [2.45, 2.75) is 6.04 Å². The molecular formula is C15H10BrN3O. The number of hydrogen-bond acceptors (Lipinski definition) is 3. The first-order valence-electron chi connectivity index (χ1n) is 6.05. The number of nitrogens with zero attached hydrogens (tertiary/aromatic N) is 1.